The number of nitrogens with one attached hydrogen (secondary N) is 1. The number of nitrogens with zero attached hydrogens (tertiary/aromatic N) is 2. The second-order valence-corrected chi connectivity index (χ2v) is 3.52. The van der Waals surface area contributed by atoms with Crippen LogP contribution in [0.2, 0.25) is 0 Å². The molecule has 1 aromatic heterocycles. The molecule has 0 bridgehead atoms. The quantitative estimate of drug-likeness (QED) is 0.669. The van der Waals surface area contributed by atoms with Gasteiger partial charge in [0.2, 0.25) is 0 Å². The zero-order valence-corrected chi connectivity index (χ0v) is 9.22. The Kier molecular flexibility index (Phi) is 6.10. The van der Waals surface area contributed by atoms with Crippen LogP contribution < -0.4 is 5.32 Å². The molecule has 5 nitrogen and oxygen atoms in total. The second kappa shape index (κ2) is 7.76. The minimum absolute atomic E-state index is 0.114. The molecule has 5 heteroatoms. The van der Waals surface area contributed by atoms with Gasteiger partial charge in [-0.15, -0.1) is 0 Å². The molecule has 88 valence electrons. The Hall–Kier alpha value is -1.49. The summed E-state index contributed by atoms with van der Waals surface area (Å²) in [5.74, 6) is -0.114. The van der Waals surface area contributed by atoms with Gasteiger partial charge in [0.1, 0.15) is 0 Å². The minimum atomic E-state index is -0.114. The van der Waals surface area contributed by atoms with Gasteiger partial charge in [0.15, 0.2) is 0 Å². The predicted octanol–water partition coefficient (Wildman–Crippen LogP) is 0.759. The van der Waals surface area contributed by atoms with E-state index in [1.807, 2.05) is 0 Å². The molecule has 1 aromatic rings. The number of carbonyl (C=O) groups is 1. The van der Waals surface area contributed by atoms with Crippen molar-refractivity contribution in [1.29, 1.82) is 0 Å². The molecule has 0 radical (unpaired) electrons. The van der Waals surface area contributed by atoms with Crippen LogP contribution in [0.1, 0.15) is 36.0 Å². The van der Waals surface area contributed by atoms with E-state index in [0.29, 0.717) is 12.1 Å². The van der Waals surface area contributed by atoms with Crippen molar-refractivity contribution in [3.05, 3.63) is 24.0 Å². The number of aromatic nitrogens is 2. The van der Waals surface area contributed by atoms with Crippen molar-refractivity contribution in [3.63, 3.8) is 0 Å². The molecule has 2 N–H and O–H groups in total. The van der Waals surface area contributed by atoms with Gasteiger partial charge >= 0.3 is 0 Å². The van der Waals surface area contributed by atoms with E-state index in [1.54, 1.807) is 6.07 Å². The summed E-state index contributed by atoms with van der Waals surface area (Å²) in [4.78, 5) is 11.5. The van der Waals surface area contributed by atoms with Gasteiger partial charge in [0, 0.05) is 13.2 Å². The molecule has 1 amide bonds. The largest absolute Gasteiger partial charge is 0.396 e. The maximum atomic E-state index is 11.5. The molecule has 0 saturated heterocycles. The van der Waals surface area contributed by atoms with Gasteiger partial charge in [-0.3, -0.25) is 4.79 Å². The van der Waals surface area contributed by atoms with E-state index >= 15 is 0 Å². The summed E-state index contributed by atoms with van der Waals surface area (Å²) in [5.41, 5.74) is 0.533. The van der Waals surface area contributed by atoms with Crippen LogP contribution in [0, 0.1) is 0 Å². The molecule has 1 rings (SSSR count). The number of aliphatic hydroxyl groups excluding tert-OH is 1. The normalized spacial score (nSPS) is 10.1. The van der Waals surface area contributed by atoms with Crippen LogP contribution in [-0.2, 0) is 0 Å². The number of rotatable bonds is 7. The highest BCUT2D eigenvalue weighted by atomic mass is 16.2. The smallest absolute Gasteiger partial charge is 0.252 e. The fourth-order valence-electron chi connectivity index (χ4n) is 1.32. The third-order valence-electron chi connectivity index (χ3n) is 2.22. The van der Waals surface area contributed by atoms with E-state index in [0.717, 1.165) is 25.7 Å². The van der Waals surface area contributed by atoms with Gasteiger partial charge in [-0.2, -0.15) is 10.2 Å². The van der Waals surface area contributed by atoms with Crippen molar-refractivity contribution >= 4 is 5.91 Å². The highest BCUT2D eigenvalue weighted by Gasteiger charge is 2.03. The summed E-state index contributed by atoms with van der Waals surface area (Å²) < 4.78 is 0. The first-order valence-corrected chi connectivity index (χ1v) is 5.50. The lowest BCUT2D eigenvalue weighted by Gasteiger charge is -2.04. The summed E-state index contributed by atoms with van der Waals surface area (Å²) in [5, 5.41) is 18.6. The topological polar surface area (TPSA) is 75.1 Å². The molecule has 0 fully saturated rings. The van der Waals surface area contributed by atoms with Crippen LogP contribution in [0.25, 0.3) is 0 Å². The monoisotopic (exact) mass is 223 g/mol. The van der Waals surface area contributed by atoms with Gasteiger partial charge in [0.05, 0.1) is 18.0 Å². The standard InChI is InChI=1S/C11H17N3O2/c15-8-4-2-1-3-6-12-11(16)10-5-7-13-14-9-10/h5,7,9,15H,1-4,6,8H2,(H,12,16). The molecular formula is C11H17N3O2. The molecule has 0 aliphatic rings. The summed E-state index contributed by atoms with van der Waals surface area (Å²) in [6.45, 7) is 0.904. The van der Waals surface area contributed by atoms with Crippen LogP contribution in [0.15, 0.2) is 18.5 Å². The first-order valence-electron chi connectivity index (χ1n) is 5.50. The number of aliphatic hydroxyl groups is 1. The fraction of sp³-hybridized carbons (Fsp3) is 0.545. The van der Waals surface area contributed by atoms with Gasteiger partial charge in [0.25, 0.3) is 5.91 Å². The van der Waals surface area contributed by atoms with Crippen LogP contribution in [0.3, 0.4) is 0 Å². The number of carbonyl (C=O) groups excluding carboxylic acids is 1. The fourth-order valence-corrected chi connectivity index (χ4v) is 1.32. The van der Waals surface area contributed by atoms with E-state index in [4.69, 9.17) is 5.11 Å². The molecule has 0 aliphatic heterocycles. The van der Waals surface area contributed by atoms with Gasteiger partial charge < -0.3 is 10.4 Å². The molecule has 1 heterocycles. The first-order chi connectivity index (χ1) is 7.84. The zero-order valence-electron chi connectivity index (χ0n) is 9.22. The number of unbranched alkanes of at least 4 members (excludes halogenated alkanes) is 3. The van der Waals surface area contributed by atoms with Crippen molar-refractivity contribution in [1.82, 2.24) is 15.5 Å². The van der Waals surface area contributed by atoms with Gasteiger partial charge in [-0.1, -0.05) is 12.8 Å². The molecular weight excluding hydrogens is 206 g/mol. The Morgan fingerprint density at radius 2 is 2.06 bits per heavy atom. The molecule has 0 aliphatic carbocycles. The molecule has 16 heavy (non-hydrogen) atoms. The van der Waals surface area contributed by atoms with Gasteiger partial charge in [-0.25, -0.2) is 0 Å². The highest BCUT2D eigenvalue weighted by Crippen LogP contribution is 1.98. The average Bonchev–Trinajstić information content (AvgIpc) is 2.34. The van der Waals surface area contributed by atoms with Crippen LogP contribution in [-0.4, -0.2) is 34.4 Å². The van der Waals surface area contributed by atoms with Crippen molar-refractivity contribution in [2.24, 2.45) is 0 Å². The maximum absolute atomic E-state index is 11.5. The van der Waals surface area contributed by atoms with Crippen molar-refractivity contribution in [3.8, 4) is 0 Å². The van der Waals surface area contributed by atoms with Gasteiger partial charge in [-0.05, 0) is 18.9 Å². The van der Waals surface area contributed by atoms with E-state index in [2.05, 4.69) is 15.5 Å². The number of hydrogen-bond acceptors (Lipinski definition) is 4. The predicted molar refractivity (Wildman–Crippen MR) is 59.9 cm³/mol. The molecule has 0 saturated carbocycles. The second-order valence-electron chi connectivity index (χ2n) is 3.52. The third kappa shape index (κ3) is 4.84. The Morgan fingerprint density at radius 3 is 2.75 bits per heavy atom. The Morgan fingerprint density at radius 1 is 1.25 bits per heavy atom. The summed E-state index contributed by atoms with van der Waals surface area (Å²) in [6.07, 6.45) is 6.74. The number of hydrogen-bond donors (Lipinski definition) is 2. The summed E-state index contributed by atoms with van der Waals surface area (Å²) >= 11 is 0. The highest BCUT2D eigenvalue weighted by molar-refractivity contribution is 5.93. The van der Waals surface area contributed by atoms with E-state index in [9.17, 15) is 4.79 Å². The molecule has 0 unspecified atom stereocenters. The Labute approximate surface area is 94.9 Å². The number of amides is 1. The van der Waals surface area contributed by atoms with E-state index < -0.39 is 0 Å². The lowest BCUT2D eigenvalue weighted by atomic mass is 10.2. The zero-order chi connectivity index (χ0) is 11.6. The summed E-state index contributed by atoms with van der Waals surface area (Å²) in [6, 6.07) is 1.63. The third-order valence-corrected chi connectivity index (χ3v) is 2.22. The average molecular weight is 223 g/mol. The van der Waals surface area contributed by atoms with Crippen molar-refractivity contribution < 1.29 is 9.90 Å². The van der Waals surface area contributed by atoms with Crippen LogP contribution >= 0.6 is 0 Å². The van der Waals surface area contributed by atoms with E-state index in [-0.39, 0.29) is 12.5 Å². The lowest BCUT2D eigenvalue weighted by Crippen LogP contribution is -2.24. The Bertz CT molecular complexity index is 303. The van der Waals surface area contributed by atoms with Crippen molar-refractivity contribution in [2.75, 3.05) is 13.2 Å². The molecule has 0 aromatic carbocycles. The van der Waals surface area contributed by atoms with Crippen molar-refractivity contribution in [2.45, 2.75) is 25.7 Å². The maximum Gasteiger partial charge on any atom is 0.252 e. The SMILES string of the molecule is O=C(NCCCCCCO)c1ccnnc1. The van der Waals surface area contributed by atoms with Crippen LogP contribution in [0.4, 0.5) is 0 Å². The summed E-state index contributed by atoms with van der Waals surface area (Å²) in [7, 11) is 0. The first kappa shape index (κ1) is 12.6. The van der Waals surface area contributed by atoms with Crippen LogP contribution in [0.5, 0.6) is 0 Å². The van der Waals surface area contributed by atoms with E-state index in [1.165, 1.54) is 12.4 Å². The lowest BCUT2D eigenvalue weighted by molar-refractivity contribution is 0.0952. The minimum Gasteiger partial charge on any atom is -0.396 e. The molecule has 0 atom stereocenters. The Balaban J connectivity index is 2.12. The molecule has 0 spiro atoms.